The maximum absolute atomic E-state index is 13.9. The van der Waals surface area contributed by atoms with E-state index in [1.54, 1.807) is 4.90 Å². The molecule has 1 saturated heterocycles. The number of fused-ring (bicyclic) bond motifs is 1. The standard InChI is InChI=1S/C26H35F6NO4S/c1-3-9-18-13-21-20(14-37-24(21,25(27,28)29)26(30,31)32)19(10-4-2)23(18)36-12-8-6-5-7-11-33-16-35-17-38-15-22(33)34/h13H,3-12,14-17H2,1-2H3. The van der Waals surface area contributed by atoms with Crippen molar-refractivity contribution in [3.05, 3.63) is 28.3 Å². The van der Waals surface area contributed by atoms with Gasteiger partial charge < -0.3 is 19.1 Å². The number of nitrogens with zero attached hydrogens (tertiary/aromatic N) is 1. The highest BCUT2D eigenvalue weighted by atomic mass is 32.2. The van der Waals surface area contributed by atoms with Crippen molar-refractivity contribution >= 4 is 17.7 Å². The molecule has 1 amide bonds. The summed E-state index contributed by atoms with van der Waals surface area (Å²) < 4.78 is 99.6. The number of thioether (sulfide) groups is 1. The van der Waals surface area contributed by atoms with Crippen LogP contribution in [0.25, 0.3) is 0 Å². The molecule has 1 aromatic rings. The summed E-state index contributed by atoms with van der Waals surface area (Å²) in [6, 6.07) is 1.000. The molecule has 12 heteroatoms. The molecule has 0 unspecified atom stereocenters. The van der Waals surface area contributed by atoms with E-state index in [1.807, 2.05) is 13.8 Å². The Hall–Kier alpha value is -1.66. The van der Waals surface area contributed by atoms with Gasteiger partial charge in [0.2, 0.25) is 5.91 Å². The van der Waals surface area contributed by atoms with Crippen molar-refractivity contribution in [1.29, 1.82) is 0 Å². The maximum atomic E-state index is 13.9. The fourth-order valence-corrected chi connectivity index (χ4v) is 5.59. The number of alkyl halides is 6. The molecule has 5 nitrogen and oxygen atoms in total. The Morgan fingerprint density at radius 2 is 1.71 bits per heavy atom. The Bertz CT molecular complexity index is 939. The van der Waals surface area contributed by atoms with Gasteiger partial charge >= 0.3 is 12.4 Å². The number of amides is 1. The summed E-state index contributed by atoms with van der Waals surface area (Å²) in [6.07, 6.45) is -6.56. The van der Waals surface area contributed by atoms with Crippen molar-refractivity contribution < 1.29 is 45.3 Å². The fourth-order valence-electron chi connectivity index (χ4n) is 4.96. The van der Waals surface area contributed by atoms with Crippen LogP contribution >= 0.6 is 11.8 Å². The van der Waals surface area contributed by atoms with Crippen LogP contribution < -0.4 is 4.74 Å². The summed E-state index contributed by atoms with van der Waals surface area (Å²) in [4.78, 5) is 13.7. The second kappa shape index (κ2) is 13.1. The normalized spacial score (nSPS) is 18.0. The van der Waals surface area contributed by atoms with Crippen molar-refractivity contribution in [2.75, 3.05) is 31.6 Å². The molecular weight excluding hydrogens is 536 g/mol. The third-order valence-electron chi connectivity index (χ3n) is 6.76. The van der Waals surface area contributed by atoms with E-state index >= 15 is 0 Å². The molecular formula is C26H35F6NO4S. The van der Waals surface area contributed by atoms with E-state index in [0.29, 0.717) is 67.7 Å². The molecule has 0 spiro atoms. The monoisotopic (exact) mass is 571 g/mol. The molecule has 0 bridgehead atoms. The maximum Gasteiger partial charge on any atom is 0.430 e. The number of hydrogen-bond acceptors (Lipinski definition) is 5. The predicted molar refractivity (Wildman–Crippen MR) is 132 cm³/mol. The molecule has 0 N–H and O–H groups in total. The van der Waals surface area contributed by atoms with E-state index in [4.69, 9.17) is 9.47 Å². The molecule has 216 valence electrons. The van der Waals surface area contributed by atoms with E-state index in [2.05, 4.69) is 4.74 Å². The first kappa shape index (κ1) is 30.9. The van der Waals surface area contributed by atoms with Crippen LogP contribution in [0.2, 0.25) is 0 Å². The molecule has 1 aromatic carbocycles. The number of halogens is 6. The van der Waals surface area contributed by atoms with Crippen LogP contribution in [0, 0.1) is 0 Å². The summed E-state index contributed by atoms with van der Waals surface area (Å²) in [5.74, 6) is 1.36. The molecule has 0 saturated carbocycles. The van der Waals surface area contributed by atoms with Gasteiger partial charge in [0.25, 0.3) is 5.60 Å². The number of hydrogen-bond donors (Lipinski definition) is 0. The lowest BCUT2D eigenvalue weighted by Gasteiger charge is -2.34. The average Bonchev–Trinajstić information content (AvgIpc) is 3.13. The predicted octanol–water partition coefficient (Wildman–Crippen LogP) is 6.89. The van der Waals surface area contributed by atoms with E-state index in [0.717, 1.165) is 25.3 Å². The van der Waals surface area contributed by atoms with Crippen molar-refractivity contribution in [3.8, 4) is 5.75 Å². The number of carbonyl (C=O) groups is 1. The molecule has 0 atom stereocenters. The molecule has 0 aliphatic carbocycles. The minimum atomic E-state index is -5.66. The molecule has 2 heterocycles. The number of ether oxygens (including phenoxy) is 3. The van der Waals surface area contributed by atoms with Crippen LogP contribution in [-0.4, -0.2) is 54.7 Å². The minimum Gasteiger partial charge on any atom is -0.493 e. The van der Waals surface area contributed by atoms with E-state index in [1.165, 1.54) is 11.8 Å². The molecule has 0 aromatic heterocycles. The van der Waals surface area contributed by atoms with Crippen LogP contribution in [0.3, 0.4) is 0 Å². The first-order valence-electron chi connectivity index (χ1n) is 13.0. The summed E-state index contributed by atoms with van der Waals surface area (Å²) in [5, 5.41) is 0. The van der Waals surface area contributed by atoms with E-state index in [-0.39, 0.29) is 24.3 Å². The highest BCUT2D eigenvalue weighted by Gasteiger charge is 2.75. The van der Waals surface area contributed by atoms with Crippen molar-refractivity contribution in [2.24, 2.45) is 0 Å². The zero-order valence-corrected chi connectivity index (χ0v) is 22.5. The Labute approximate surface area is 223 Å². The summed E-state index contributed by atoms with van der Waals surface area (Å²) >= 11 is 1.45. The van der Waals surface area contributed by atoms with Gasteiger partial charge in [-0.05, 0) is 42.9 Å². The number of carbonyl (C=O) groups excluding carboxylic acids is 1. The van der Waals surface area contributed by atoms with Crippen molar-refractivity contribution in [1.82, 2.24) is 4.90 Å². The Kier molecular flexibility index (Phi) is 10.7. The quantitative estimate of drug-likeness (QED) is 0.202. The molecule has 38 heavy (non-hydrogen) atoms. The number of unbranched alkanes of at least 4 members (excludes halogenated alkanes) is 3. The number of rotatable bonds is 12. The van der Waals surface area contributed by atoms with Gasteiger partial charge in [0.1, 0.15) is 12.5 Å². The molecule has 0 radical (unpaired) electrons. The van der Waals surface area contributed by atoms with Crippen molar-refractivity contribution in [2.45, 2.75) is 89.8 Å². The topological polar surface area (TPSA) is 48.0 Å². The summed E-state index contributed by atoms with van der Waals surface area (Å²) in [7, 11) is 0. The fraction of sp³-hybridized carbons (Fsp3) is 0.731. The summed E-state index contributed by atoms with van der Waals surface area (Å²) in [5.41, 5.74) is -4.55. The zero-order chi connectivity index (χ0) is 28.0. The molecule has 1 fully saturated rings. The highest BCUT2D eigenvalue weighted by Crippen LogP contribution is 2.58. The highest BCUT2D eigenvalue weighted by molar-refractivity contribution is 7.99. The third kappa shape index (κ3) is 6.55. The average molecular weight is 572 g/mol. The largest absolute Gasteiger partial charge is 0.493 e. The smallest absolute Gasteiger partial charge is 0.430 e. The van der Waals surface area contributed by atoms with Gasteiger partial charge in [0, 0.05) is 17.7 Å². The van der Waals surface area contributed by atoms with Crippen LogP contribution in [-0.2, 0) is 39.3 Å². The second-order valence-corrected chi connectivity index (χ2v) is 10.5. The van der Waals surface area contributed by atoms with Crippen LogP contribution in [0.4, 0.5) is 26.3 Å². The first-order chi connectivity index (χ1) is 18.0. The van der Waals surface area contributed by atoms with Gasteiger partial charge in [-0.3, -0.25) is 4.79 Å². The van der Waals surface area contributed by atoms with Crippen LogP contribution in [0.5, 0.6) is 5.75 Å². The minimum absolute atomic E-state index is 0.0587. The van der Waals surface area contributed by atoms with Gasteiger partial charge in [0.05, 0.1) is 24.9 Å². The third-order valence-corrected chi connectivity index (χ3v) is 7.55. The first-order valence-corrected chi connectivity index (χ1v) is 14.1. The van der Waals surface area contributed by atoms with Gasteiger partial charge in [-0.15, -0.1) is 11.8 Å². The Balaban J connectivity index is 1.72. The zero-order valence-electron chi connectivity index (χ0n) is 21.7. The Morgan fingerprint density at radius 1 is 1.03 bits per heavy atom. The SMILES string of the molecule is CCCc1cc2c(c(CCC)c1OCCCCCCN1COCSCC1=O)COC2(C(F)(F)F)C(F)(F)F. The molecule has 2 aliphatic heterocycles. The lowest BCUT2D eigenvalue weighted by atomic mass is 9.84. The van der Waals surface area contributed by atoms with Crippen LogP contribution in [0.1, 0.15) is 74.6 Å². The Morgan fingerprint density at radius 3 is 2.37 bits per heavy atom. The number of aryl methyl sites for hydroxylation is 1. The van der Waals surface area contributed by atoms with Crippen molar-refractivity contribution in [3.63, 3.8) is 0 Å². The van der Waals surface area contributed by atoms with Crippen LogP contribution in [0.15, 0.2) is 6.07 Å². The van der Waals surface area contributed by atoms with E-state index in [9.17, 15) is 31.1 Å². The lowest BCUT2D eigenvalue weighted by Crippen LogP contribution is -2.53. The second-order valence-electron chi connectivity index (χ2n) is 9.55. The van der Waals surface area contributed by atoms with Gasteiger partial charge in [0.15, 0.2) is 0 Å². The lowest BCUT2D eigenvalue weighted by molar-refractivity contribution is -0.385. The molecule has 2 aliphatic rings. The number of benzene rings is 1. The summed E-state index contributed by atoms with van der Waals surface area (Å²) in [6.45, 7) is 4.04. The van der Waals surface area contributed by atoms with Gasteiger partial charge in [-0.25, -0.2) is 0 Å². The molecule has 3 rings (SSSR count). The van der Waals surface area contributed by atoms with Gasteiger partial charge in [-0.2, -0.15) is 26.3 Å². The van der Waals surface area contributed by atoms with E-state index < -0.39 is 30.1 Å². The van der Waals surface area contributed by atoms with Gasteiger partial charge in [-0.1, -0.05) is 39.5 Å².